The zero-order valence-electron chi connectivity index (χ0n) is 31.4. The number of halogens is 3. The van der Waals surface area contributed by atoms with Gasteiger partial charge < -0.3 is 9.64 Å². The zero-order valence-corrected chi connectivity index (χ0v) is 35.3. The molecule has 3 aromatic rings. The van der Waals surface area contributed by atoms with Crippen LogP contribution in [-0.2, 0) is 31.9 Å². The van der Waals surface area contributed by atoms with Gasteiger partial charge in [-0.1, -0.05) is 59.1 Å². The summed E-state index contributed by atoms with van der Waals surface area (Å²) in [5.41, 5.74) is -0.406. The summed E-state index contributed by atoms with van der Waals surface area (Å²) in [6, 6.07) is 17.6. The Morgan fingerprint density at radius 3 is 2.02 bits per heavy atom. The van der Waals surface area contributed by atoms with Gasteiger partial charge in [0.2, 0.25) is 10.0 Å². The second kappa shape index (κ2) is 16.4. The Hall–Kier alpha value is -2.71. The smallest absolute Gasteiger partial charge is 0.326 e. The highest BCUT2D eigenvalue weighted by molar-refractivity contribution is 7.89. The summed E-state index contributed by atoms with van der Waals surface area (Å²) in [5, 5.41) is 1.12. The van der Waals surface area contributed by atoms with Gasteiger partial charge in [0.05, 0.1) is 16.7 Å². The van der Waals surface area contributed by atoms with Crippen molar-refractivity contribution in [2.75, 3.05) is 57.8 Å². The third-order valence-corrected chi connectivity index (χ3v) is 14.5. The van der Waals surface area contributed by atoms with Crippen molar-refractivity contribution in [1.82, 2.24) is 19.0 Å². The van der Waals surface area contributed by atoms with Crippen molar-refractivity contribution in [2.45, 2.75) is 69.0 Å². The molecule has 0 spiro atoms. The van der Waals surface area contributed by atoms with Gasteiger partial charge in [-0.2, -0.15) is 4.31 Å². The van der Waals surface area contributed by atoms with Gasteiger partial charge in [0.15, 0.2) is 0 Å². The van der Waals surface area contributed by atoms with Gasteiger partial charge in [0.1, 0.15) is 27.6 Å². The van der Waals surface area contributed by atoms with Crippen molar-refractivity contribution in [2.24, 2.45) is 4.99 Å². The predicted octanol–water partition coefficient (Wildman–Crippen LogP) is 7.62. The molecule has 3 unspecified atom stereocenters. The van der Waals surface area contributed by atoms with E-state index in [-0.39, 0.29) is 27.9 Å². The van der Waals surface area contributed by atoms with Gasteiger partial charge in [0.25, 0.3) is 0 Å². The average molecular weight is 837 g/mol. The molecule has 0 radical (unpaired) electrons. The predicted molar refractivity (Wildman–Crippen MR) is 218 cm³/mol. The summed E-state index contributed by atoms with van der Waals surface area (Å²) < 4.78 is 47.8. The van der Waals surface area contributed by atoms with Crippen LogP contribution in [0.3, 0.4) is 0 Å². The lowest BCUT2D eigenvalue weighted by Gasteiger charge is -2.47. The van der Waals surface area contributed by atoms with E-state index in [1.165, 1.54) is 16.4 Å². The lowest BCUT2D eigenvalue weighted by atomic mass is 9.71. The number of sulfonamides is 1. The van der Waals surface area contributed by atoms with Gasteiger partial charge in [0, 0.05) is 78.2 Å². The monoisotopic (exact) mass is 835 g/mol. The molecule has 6 rings (SSSR count). The fourth-order valence-corrected chi connectivity index (χ4v) is 10.5. The third kappa shape index (κ3) is 7.94. The molecule has 3 aliphatic rings. The number of hydrogen-bond donors (Lipinski definition) is 0. The maximum absolute atomic E-state index is 15.4. The lowest BCUT2D eigenvalue weighted by molar-refractivity contribution is 0.0868. The Bertz CT molecular complexity index is 2020. The van der Waals surface area contributed by atoms with Crippen molar-refractivity contribution in [1.29, 1.82) is 0 Å². The van der Waals surface area contributed by atoms with Crippen LogP contribution in [0, 0.1) is 0 Å². The van der Waals surface area contributed by atoms with Crippen molar-refractivity contribution >= 4 is 67.5 Å². The second-order valence-corrected chi connectivity index (χ2v) is 19.5. The van der Waals surface area contributed by atoms with Crippen LogP contribution in [0.1, 0.15) is 63.6 Å². The quantitative estimate of drug-likeness (QED) is 0.197. The molecule has 3 aromatic carbocycles. The first-order valence-electron chi connectivity index (χ1n) is 18.3. The number of urea groups is 1. The molecule has 2 amide bonds. The zero-order chi connectivity index (χ0) is 39.0. The molecular weight excluding hydrogens is 789 g/mol. The molecule has 2 fully saturated rings. The number of ether oxygens (including phenoxy) is 1. The van der Waals surface area contributed by atoms with Crippen molar-refractivity contribution in [3.05, 3.63) is 92.4 Å². The first-order chi connectivity index (χ1) is 25.6. The largest absolute Gasteiger partial charge is 0.490 e. The minimum atomic E-state index is -3.99. The highest BCUT2D eigenvalue weighted by Gasteiger charge is 2.60. The van der Waals surface area contributed by atoms with Crippen LogP contribution in [0.5, 0.6) is 5.75 Å². The van der Waals surface area contributed by atoms with Crippen molar-refractivity contribution < 1.29 is 22.2 Å². The van der Waals surface area contributed by atoms with E-state index in [1.807, 2.05) is 56.9 Å². The van der Waals surface area contributed by atoms with E-state index < -0.39 is 31.9 Å². The molecule has 0 saturated carbocycles. The Morgan fingerprint density at radius 1 is 0.889 bits per heavy atom. The molecule has 3 atom stereocenters. The number of nitrogens with zero attached hydrogens (tertiary/aromatic N) is 5. The van der Waals surface area contributed by atoms with Crippen molar-refractivity contribution in [3.63, 3.8) is 0 Å². The van der Waals surface area contributed by atoms with Gasteiger partial charge in [-0.3, -0.25) is 19.0 Å². The molecule has 0 bridgehead atoms. The van der Waals surface area contributed by atoms with Crippen LogP contribution >= 0.6 is 34.8 Å². The fourth-order valence-electron chi connectivity index (χ4n) is 7.69. The Balaban J connectivity index is 1.56. The summed E-state index contributed by atoms with van der Waals surface area (Å²) >= 11 is 19.7. The summed E-state index contributed by atoms with van der Waals surface area (Å²) in [4.78, 5) is 26.6. The summed E-state index contributed by atoms with van der Waals surface area (Å²) in [5.74, 6) is 1.20. The molecule has 0 aliphatic carbocycles. The summed E-state index contributed by atoms with van der Waals surface area (Å²) in [6.45, 7) is 11.5. The number of piperazine rings is 1. The third-order valence-electron chi connectivity index (χ3n) is 10.8. The molecule has 3 heterocycles. The van der Waals surface area contributed by atoms with E-state index in [0.29, 0.717) is 66.4 Å². The van der Waals surface area contributed by atoms with Crippen LogP contribution in [-0.4, -0.2) is 107 Å². The molecule has 54 heavy (non-hydrogen) atoms. The topological polar surface area (TPSA) is 103 Å². The first-order valence-corrected chi connectivity index (χ1v) is 22.6. The summed E-state index contributed by atoms with van der Waals surface area (Å²) in [7, 11) is -4.86. The molecule has 0 N–H and O–H groups in total. The number of aliphatic imine (C=N–C) groups is 1. The number of rotatable bonds is 11. The van der Waals surface area contributed by atoms with E-state index in [2.05, 4.69) is 4.90 Å². The molecule has 15 heteroatoms. The number of carbonyl (C=O) groups excluding carboxylic acids is 1. The highest BCUT2D eigenvalue weighted by atomic mass is 35.5. The van der Waals surface area contributed by atoms with Gasteiger partial charge in [-0.05, 0) is 95.0 Å². The fraction of sp³-hybridized carbons (Fsp3) is 0.487. The summed E-state index contributed by atoms with van der Waals surface area (Å²) in [6.07, 6.45) is 3.74. The van der Waals surface area contributed by atoms with Crippen LogP contribution < -0.4 is 4.74 Å². The van der Waals surface area contributed by atoms with Crippen LogP contribution in [0.2, 0.25) is 15.1 Å². The number of amides is 2. The second-order valence-electron chi connectivity index (χ2n) is 14.7. The van der Waals surface area contributed by atoms with E-state index in [1.54, 1.807) is 35.4 Å². The van der Waals surface area contributed by atoms with Crippen LogP contribution in [0.4, 0.5) is 4.79 Å². The number of amidine groups is 1. The molecule has 3 aliphatic heterocycles. The number of hydrogen-bond acceptors (Lipinski definition) is 7. The van der Waals surface area contributed by atoms with E-state index in [4.69, 9.17) is 44.5 Å². The van der Waals surface area contributed by atoms with Crippen LogP contribution in [0.25, 0.3) is 0 Å². The Labute approximate surface area is 336 Å². The van der Waals surface area contributed by atoms with E-state index in [9.17, 15) is 12.6 Å². The first kappa shape index (κ1) is 40.9. The van der Waals surface area contributed by atoms with Crippen molar-refractivity contribution in [3.8, 4) is 5.75 Å². The molecule has 0 aromatic heterocycles. The number of carbonyl (C=O) groups is 1. The van der Waals surface area contributed by atoms with Gasteiger partial charge >= 0.3 is 6.03 Å². The minimum Gasteiger partial charge on any atom is -0.490 e. The normalized spacial score (nSPS) is 23.2. The van der Waals surface area contributed by atoms with Crippen LogP contribution in [0.15, 0.2) is 70.6 Å². The van der Waals surface area contributed by atoms with E-state index in [0.717, 1.165) is 36.9 Å². The Kier molecular flexibility index (Phi) is 12.4. The van der Waals surface area contributed by atoms with E-state index >= 15 is 4.79 Å². The maximum Gasteiger partial charge on any atom is 0.326 e. The maximum atomic E-state index is 15.4. The lowest BCUT2D eigenvalue weighted by Crippen LogP contribution is -2.60. The number of benzene rings is 3. The minimum absolute atomic E-state index is 0.0294. The molecule has 2 saturated heterocycles. The standard InChI is InChI=1S/C39H48Cl3N5O5S2/c1-27(2)52-34-26-33(42)35(54(50,51)46-18-6-7-19-46)25-32(34)36-43-38(3,28-9-13-30(40)14-10-28)39(4,29-11-15-31(41)16-12-29)47(36)37(48)45-22-20-44(21-23-45)17-8-24-53(5)49/h9-16,25-27H,6-8,17-24H2,1-5H3. The molecular formula is C39H48Cl3N5O5S2. The Morgan fingerprint density at radius 2 is 1.46 bits per heavy atom. The average Bonchev–Trinajstić information content (AvgIpc) is 3.75. The molecule has 10 nitrogen and oxygen atoms in total. The highest BCUT2D eigenvalue weighted by Crippen LogP contribution is 2.54. The SMILES string of the molecule is CC(C)Oc1cc(Cl)c(S(=O)(=O)N2CCCC2)cc1C1=NC(C)(c2ccc(Cl)cc2)C(C)(c2ccc(Cl)cc2)N1C(=O)N1CCN(CCCS(C)=O)CC1. The molecule has 292 valence electrons. The van der Waals surface area contributed by atoms with Gasteiger partial charge in [-0.15, -0.1) is 0 Å². The van der Waals surface area contributed by atoms with Gasteiger partial charge in [-0.25, -0.2) is 13.2 Å².